The average molecular weight is 441 g/mol. The third-order valence-electron chi connectivity index (χ3n) is 5.69. The van der Waals surface area contributed by atoms with Gasteiger partial charge in [-0.1, -0.05) is 18.2 Å². The summed E-state index contributed by atoms with van der Waals surface area (Å²) in [6.07, 6.45) is 2.51. The zero-order valence-corrected chi connectivity index (χ0v) is 18.9. The lowest BCUT2D eigenvalue weighted by atomic mass is 9.95. The van der Waals surface area contributed by atoms with E-state index in [4.69, 9.17) is 4.74 Å². The summed E-state index contributed by atoms with van der Waals surface area (Å²) in [5, 5.41) is 8.36. The second kappa shape index (κ2) is 9.20. The lowest BCUT2D eigenvalue weighted by Crippen LogP contribution is -2.31. The number of carbonyl (C=O) groups is 2. The number of rotatable bonds is 7. The van der Waals surface area contributed by atoms with E-state index in [1.807, 2.05) is 30.9 Å². The lowest BCUT2D eigenvalue weighted by molar-refractivity contribution is 0.0776. The summed E-state index contributed by atoms with van der Waals surface area (Å²) >= 11 is 1.52. The van der Waals surface area contributed by atoms with Crippen molar-refractivity contribution >= 4 is 33.2 Å². The van der Waals surface area contributed by atoms with E-state index in [1.165, 1.54) is 11.3 Å². The van der Waals surface area contributed by atoms with E-state index in [1.54, 1.807) is 24.1 Å². The van der Waals surface area contributed by atoms with Gasteiger partial charge in [-0.3, -0.25) is 14.3 Å². The van der Waals surface area contributed by atoms with Gasteiger partial charge in [-0.15, -0.1) is 11.3 Å². The fourth-order valence-corrected chi connectivity index (χ4v) is 5.43. The Kier molecular flexibility index (Phi) is 6.38. The molecule has 1 saturated heterocycles. The molecule has 1 aliphatic heterocycles. The number of hydrogen-bond acceptors (Lipinski definition) is 5. The summed E-state index contributed by atoms with van der Waals surface area (Å²) < 4.78 is 7.92. The Labute approximate surface area is 186 Å². The van der Waals surface area contributed by atoms with Gasteiger partial charge >= 0.3 is 0 Å². The minimum Gasteiger partial charge on any atom is -0.383 e. The smallest absolute Gasteiger partial charge is 0.272 e. The van der Waals surface area contributed by atoms with Crippen molar-refractivity contribution in [3.8, 4) is 0 Å². The van der Waals surface area contributed by atoms with E-state index in [-0.39, 0.29) is 23.8 Å². The Balaban J connectivity index is 1.60. The molecule has 2 aromatic heterocycles. The third-order valence-corrected chi connectivity index (χ3v) is 6.88. The minimum atomic E-state index is -0.0732. The van der Waals surface area contributed by atoms with Crippen LogP contribution in [0.4, 0.5) is 0 Å². The Morgan fingerprint density at radius 2 is 2.10 bits per heavy atom. The number of amides is 2. The molecule has 1 N–H and O–H groups in total. The highest BCUT2D eigenvalue weighted by Crippen LogP contribution is 2.40. The number of nitrogens with one attached hydrogen (secondary N) is 1. The van der Waals surface area contributed by atoms with E-state index in [9.17, 15) is 9.59 Å². The van der Waals surface area contributed by atoms with E-state index in [2.05, 4.69) is 22.5 Å². The molecule has 8 heteroatoms. The van der Waals surface area contributed by atoms with Gasteiger partial charge in [-0.25, -0.2) is 0 Å². The first-order chi connectivity index (χ1) is 15.0. The summed E-state index contributed by atoms with van der Waals surface area (Å²) in [6, 6.07) is 10.0. The summed E-state index contributed by atoms with van der Waals surface area (Å²) in [6.45, 7) is 6.24. The van der Waals surface area contributed by atoms with Crippen LogP contribution in [-0.4, -0.2) is 59.8 Å². The molecule has 2 amide bonds. The molecule has 0 bridgehead atoms. The van der Waals surface area contributed by atoms with Crippen molar-refractivity contribution < 1.29 is 14.3 Å². The number of hydrogen-bond donors (Lipinski definition) is 1. The number of ether oxygens (including phenoxy) is 1. The van der Waals surface area contributed by atoms with Gasteiger partial charge in [0.2, 0.25) is 0 Å². The maximum Gasteiger partial charge on any atom is 0.272 e. The Morgan fingerprint density at radius 3 is 2.87 bits per heavy atom. The minimum absolute atomic E-state index is 0.000619. The molecule has 0 saturated carbocycles. The van der Waals surface area contributed by atoms with Crippen LogP contribution in [0.25, 0.3) is 10.1 Å². The highest BCUT2D eigenvalue weighted by molar-refractivity contribution is 7.21. The van der Waals surface area contributed by atoms with Gasteiger partial charge < -0.3 is 15.0 Å². The Hall–Kier alpha value is -2.71. The van der Waals surface area contributed by atoms with Crippen LogP contribution >= 0.6 is 11.3 Å². The van der Waals surface area contributed by atoms with Crippen LogP contribution in [0.2, 0.25) is 0 Å². The molecule has 0 radical (unpaired) electrons. The molecule has 0 spiro atoms. The van der Waals surface area contributed by atoms with Crippen LogP contribution in [0.3, 0.4) is 0 Å². The van der Waals surface area contributed by atoms with Gasteiger partial charge in [0, 0.05) is 49.6 Å². The number of benzene rings is 1. The second-order valence-corrected chi connectivity index (χ2v) is 9.13. The highest BCUT2D eigenvalue weighted by Gasteiger charge is 2.33. The number of nitrogens with zero attached hydrogens (tertiary/aromatic N) is 3. The standard InChI is InChI=1S/C23H28N4O3S/c1-15(2)27-18(8-10-25-27)23(29)26-12-9-16(14-26)20-17-6-4-5-7-19(17)31-21(20)22(28)24-11-13-30-3/h4-8,10,15-16H,9,11-14H2,1-3H3,(H,24,28). The Morgan fingerprint density at radius 1 is 1.29 bits per heavy atom. The van der Waals surface area contributed by atoms with Crippen LogP contribution in [-0.2, 0) is 4.74 Å². The Bertz CT molecular complexity index is 1090. The summed E-state index contributed by atoms with van der Waals surface area (Å²) in [4.78, 5) is 28.7. The first kappa shape index (κ1) is 21.5. The van der Waals surface area contributed by atoms with Gasteiger partial charge in [-0.05, 0) is 43.4 Å². The molecule has 1 aromatic carbocycles. The zero-order valence-electron chi connectivity index (χ0n) is 18.1. The van der Waals surface area contributed by atoms with Gasteiger partial charge in [0.15, 0.2) is 0 Å². The third kappa shape index (κ3) is 4.22. The molecular formula is C23H28N4O3S. The second-order valence-electron chi connectivity index (χ2n) is 8.08. The van der Waals surface area contributed by atoms with Crippen LogP contribution in [0.15, 0.2) is 36.5 Å². The van der Waals surface area contributed by atoms with Crippen molar-refractivity contribution in [1.29, 1.82) is 0 Å². The number of likely N-dealkylation sites (tertiary alicyclic amines) is 1. The zero-order chi connectivity index (χ0) is 22.0. The number of carbonyl (C=O) groups excluding carboxylic acids is 2. The molecule has 1 fully saturated rings. The van der Waals surface area contributed by atoms with E-state index in [0.717, 1.165) is 26.9 Å². The molecule has 4 rings (SSSR count). The molecule has 7 nitrogen and oxygen atoms in total. The van der Waals surface area contributed by atoms with Crippen molar-refractivity contribution in [2.24, 2.45) is 0 Å². The summed E-state index contributed by atoms with van der Waals surface area (Å²) in [7, 11) is 1.62. The van der Waals surface area contributed by atoms with Crippen LogP contribution < -0.4 is 5.32 Å². The van der Waals surface area contributed by atoms with Gasteiger partial charge in [0.1, 0.15) is 5.69 Å². The van der Waals surface area contributed by atoms with Crippen LogP contribution in [0.5, 0.6) is 0 Å². The van der Waals surface area contributed by atoms with Crippen LogP contribution in [0.1, 0.15) is 58.0 Å². The fraction of sp³-hybridized carbons (Fsp3) is 0.435. The van der Waals surface area contributed by atoms with Crippen LogP contribution in [0, 0.1) is 0 Å². The van der Waals surface area contributed by atoms with Gasteiger partial charge in [-0.2, -0.15) is 5.10 Å². The highest BCUT2D eigenvalue weighted by atomic mass is 32.1. The SMILES string of the molecule is COCCNC(=O)c1sc2ccccc2c1C1CCN(C(=O)c2ccnn2C(C)C)C1. The van der Waals surface area contributed by atoms with Crippen molar-refractivity contribution in [3.05, 3.63) is 52.7 Å². The maximum atomic E-state index is 13.2. The largest absolute Gasteiger partial charge is 0.383 e. The molecule has 1 unspecified atom stereocenters. The fourth-order valence-electron chi connectivity index (χ4n) is 4.22. The lowest BCUT2D eigenvalue weighted by Gasteiger charge is -2.19. The van der Waals surface area contributed by atoms with Crippen molar-refractivity contribution in [2.75, 3.05) is 33.4 Å². The van der Waals surface area contributed by atoms with E-state index in [0.29, 0.717) is 31.9 Å². The maximum absolute atomic E-state index is 13.2. The van der Waals surface area contributed by atoms with E-state index >= 15 is 0 Å². The quantitative estimate of drug-likeness (QED) is 0.569. The molecule has 3 aromatic rings. The predicted octanol–water partition coefficient (Wildman–Crippen LogP) is 3.68. The molecule has 1 atom stereocenters. The van der Waals surface area contributed by atoms with Crippen molar-refractivity contribution in [1.82, 2.24) is 20.0 Å². The van der Waals surface area contributed by atoms with Gasteiger partial charge in [0.05, 0.1) is 11.5 Å². The molecule has 0 aliphatic carbocycles. The number of fused-ring (bicyclic) bond motifs is 1. The first-order valence-electron chi connectivity index (χ1n) is 10.6. The van der Waals surface area contributed by atoms with E-state index < -0.39 is 0 Å². The topological polar surface area (TPSA) is 76.5 Å². The van der Waals surface area contributed by atoms with Crippen molar-refractivity contribution in [3.63, 3.8) is 0 Å². The normalized spacial score (nSPS) is 16.4. The molecular weight excluding hydrogens is 412 g/mol. The number of aromatic nitrogens is 2. The number of thiophene rings is 1. The number of methoxy groups -OCH3 is 1. The van der Waals surface area contributed by atoms with Gasteiger partial charge in [0.25, 0.3) is 11.8 Å². The summed E-state index contributed by atoms with van der Waals surface area (Å²) in [5.74, 6) is 0.0499. The summed E-state index contributed by atoms with van der Waals surface area (Å²) in [5.41, 5.74) is 1.67. The molecule has 31 heavy (non-hydrogen) atoms. The average Bonchev–Trinajstić information content (AvgIpc) is 3.50. The predicted molar refractivity (Wildman–Crippen MR) is 122 cm³/mol. The monoisotopic (exact) mass is 440 g/mol. The molecule has 3 heterocycles. The molecule has 1 aliphatic rings. The van der Waals surface area contributed by atoms with Crippen molar-refractivity contribution in [2.45, 2.75) is 32.2 Å². The first-order valence-corrected chi connectivity index (χ1v) is 11.4. The molecule has 164 valence electrons.